The molecular formula is C11H11N5O. The van der Waals surface area contributed by atoms with Crippen LogP contribution in [0.5, 0.6) is 0 Å². The Morgan fingerprint density at radius 1 is 1.53 bits per heavy atom. The molecule has 3 N–H and O–H groups in total. The Labute approximate surface area is 98.1 Å². The molecule has 0 radical (unpaired) electrons. The molecule has 1 heterocycles. The van der Waals surface area contributed by atoms with Crippen LogP contribution in [0.25, 0.3) is 0 Å². The largest absolute Gasteiger partial charge is 0.397 e. The van der Waals surface area contributed by atoms with E-state index in [4.69, 9.17) is 15.5 Å². The maximum absolute atomic E-state index is 8.70. The molecule has 6 nitrogen and oxygen atoms in total. The van der Waals surface area contributed by atoms with Gasteiger partial charge in [0.25, 0.3) is 0 Å². The normalized spacial score (nSPS) is 9.88. The van der Waals surface area contributed by atoms with E-state index in [1.807, 2.05) is 6.07 Å². The van der Waals surface area contributed by atoms with E-state index in [2.05, 4.69) is 15.5 Å². The average Bonchev–Trinajstić information content (AvgIpc) is 2.73. The summed E-state index contributed by atoms with van der Waals surface area (Å²) < 4.78 is 4.95. The van der Waals surface area contributed by atoms with Gasteiger partial charge in [0.05, 0.1) is 29.6 Å². The van der Waals surface area contributed by atoms with Crippen molar-refractivity contribution in [1.82, 2.24) is 10.1 Å². The first-order valence-electron chi connectivity index (χ1n) is 5.01. The molecule has 0 aliphatic rings. The predicted molar refractivity (Wildman–Crippen MR) is 61.9 cm³/mol. The van der Waals surface area contributed by atoms with Crippen molar-refractivity contribution in [2.75, 3.05) is 11.1 Å². The molecule has 0 fully saturated rings. The van der Waals surface area contributed by atoms with Gasteiger partial charge in [0.1, 0.15) is 0 Å². The zero-order valence-corrected chi connectivity index (χ0v) is 9.27. The Morgan fingerprint density at radius 2 is 2.35 bits per heavy atom. The summed E-state index contributed by atoms with van der Waals surface area (Å²) in [5.74, 6) is 1.08. The third-order valence-corrected chi connectivity index (χ3v) is 2.18. The van der Waals surface area contributed by atoms with Gasteiger partial charge in [-0.25, -0.2) is 0 Å². The summed E-state index contributed by atoms with van der Waals surface area (Å²) in [5.41, 5.74) is 7.57. The molecule has 17 heavy (non-hydrogen) atoms. The summed E-state index contributed by atoms with van der Waals surface area (Å²) in [6.07, 6.45) is 0. The summed E-state index contributed by atoms with van der Waals surface area (Å²) in [7, 11) is 0. The summed E-state index contributed by atoms with van der Waals surface area (Å²) >= 11 is 0. The molecule has 0 saturated carbocycles. The lowest BCUT2D eigenvalue weighted by atomic mass is 10.2. The summed E-state index contributed by atoms with van der Waals surface area (Å²) in [6.45, 7) is 2.15. The van der Waals surface area contributed by atoms with E-state index in [-0.39, 0.29) is 0 Å². The highest BCUT2D eigenvalue weighted by Gasteiger charge is 2.04. The highest BCUT2D eigenvalue weighted by Crippen LogP contribution is 2.19. The fourth-order valence-corrected chi connectivity index (χ4v) is 1.38. The van der Waals surface area contributed by atoms with Crippen molar-refractivity contribution in [3.63, 3.8) is 0 Å². The molecule has 0 saturated heterocycles. The van der Waals surface area contributed by atoms with Gasteiger partial charge in [0.15, 0.2) is 5.82 Å². The van der Waals surface area contributed by atoms with Crippen molar-refractivity contribution in [3.8, 4) is 6.07 Å². The Bertz CT molecular complexity index is 569. The molecule has 2 rings (SSSR count). The smallest absolute Gasteiger partial charge is 0.245 e. The van der Waals surface area contributed by atoms with E-state index in [9.17, 15) is 0 Å². The third kappa shape index (κ3) is 2.52. The van der Waals surface area contributed by atoms with Gasteiger partial charge in [-0.05, 0) is 25.1 Å². The highest BCUT2D eigenvalue weighted by atomic mass is 16.5. The Balaban J connectivity index is 2.07. The minimum Gasteiger partial charge on any atom is -0.397 e. The van der Waals surface area contributed by atoms with E-state index < -0.39 is 0 Å². The monoisotopic (exact) mass is 229 g/mol. The molecule has 0 amide bonds. The quantitative estimate of drug-likeness (QED) is 0.772. The van der Waals surface area contributed by atoms with Crippen molar-refractivity contribution in [1.29, 1.82) is 5.26 Å². The van der Waals surface area contributed by atoms with Crippen LogP contribution in [0.1, 0.15) is 17.3 Å². The van der Waals surface area contributed by atoms with Gasteiger partial charge in [-0.15, -0.1) is 0 Å². The summed E-state index contributed by atoms with van der Waals surface area (Å²) in [4.78, 5) is 4.06. The molecule has 1 aromatic carbocycles. The predicted octanol–water partition coefficient (Wildman–Crippen LogP) is 1.44. The number of nitrogens with one attached hydrogen (secondary N) is 1. The zero-order valence-electron chi connectivity index (χ0n) is 9.27. The van der Waals surface area contributed by atoms with E-state index in [1.54, 1.807) is 25.1 Å². The molecular weight excluding hydrogens is 218 g/mol. The van der Waals surface area contributed by atoms with Crippen LogP contribution in [0.4, 0.5) is 11.4 Å². The van der Waals surface area contributed by atoms with Crippen LogP contribution in [0.15, 0.2) is 22.7 Å². The second-order valence-corrected chi connectivity index (χ2v) is 3.50. The van der Waals surface area contributed by atoms with Crippen LogP contribution in [-0.4, -0.2) is 10.1 Å². The van der Waals surface area contributed by atoms with Crippen LogP contribution in [0.3, 0.4) is 0 Å². The lowest BCUT2D eigenvalue weighted by Crippen LogP contribution is -2.03. The van der Waals surface area contributed by atoms with Crippen molar-refractivity contribution < 1.29 is 4.52 Å². The molecule has 0 aliphatic carbocycles. The number of nitriles is 1. The van der Waals surface area contributed by atoms with Gasteiger partial charge in [-0.1, -0.05) is 5.16 Å². The number of rotatable bonds is 3. The van der Waals surface area contributed by atoms with Gasteiger partial charge in [0.2, 0.25) is 5.89 Å². The molecule has 0 bridgehead atoms. The number of aryl methyl sites for hydroxylation is 1. The van der Waals surface area contributed by atoms with Crippen LogP contribution in [-0.2, 0) is 6.54 Å². The topological polar surface area (TPSA) is 101 Å². The second kappa shape index (κ2) is 4.53. The van der Waals surface area contributed by atoms with Gasteiger partial charge < -0.3 is 15.6 Å². The Kier molecular flexibility index (Phi) is 2.92. The average molecular weight is 229 g/mol. The Hall–Kier alpha value is -2.55. The van der Waals surface area contributed by atoms with Crippen LogP contribution >= 0.6 is 0 Å². The summed E-state index contributed by atoms with van der Waals surface area (Å²) in [5, 5.41) is 15.4. The number of anilines is 2. The lowest BCUT2D eigenvalue weighted by molar-refractivity contribution is 0.379. The molecule has 0 unspecified atom stereocenters. The first-order chi connectivity index (χ1) is 8.19. The van der Waals surface area contributed by atoms with E-state index in [0.717, 1.165) is 5.69 Å². The molecule has 0 spiro atoms. The minimum atomic E-state index is 0.400. The fourth-order valence-electron chi connectivity index (χ4n) is 1.38. The van der Waals surface area contributed by atoms with E-state index in [1.165, 1.54) is 0 Å². The summed E-state index contributed by atoms with van der Waals surface area (Å²) in [6, 6.07) is 7.08. The highest BCUT2D eigenvalue weighted by molar-refractivity contribution is 5.68. The van der Waals surface area contributed by atoms with E-state index >= 15 is 0 Å². The molecule has 1 aromatic heterocycles. The number of benzene rings is 1. The first-order valence-corrected chi connectivity index (χ1v) is 5.01. The van der Waals surface area contributed by atoms with Crippen molar-refractivity contribution in [2.45, 2.75) is 13.5 Å². The molecule has 2 aromatic rings. The van der Waals surface area contributed by atoms with Gasteiger partial charge in [-0.2, -0.15) is 10.2 Å². The van der Waals surface area contributed by atoms with Gasteiger partial charge >= 0.3 is 0 Å². The standard InChI is InChI=1S/C11H11N5O/c1-7-15-11(17-16-7)6-14-10-3-2-8(5-12)4-9(10)13/h2-4,14H,6,13H2,1H3. The SMILES string of the molecule is Cc1noc(CNc2ccc(C#N)cc2N)n1. The van der Waals surface area contributed by atoms with Crippen molar-refractivity contribution >= 4 is 11.4 Å². The minimum absolute atomic E-state index is 0.400. The van der Waals surface area contributed by atoms with Gasteiger partial charge in [0, 0.05) is 0 Å². The Morgan fingerprint density at radius 3 is 2.94 bits per heavy atom. The number of nitrogen functional groups attached to an aromatic ring is 1. The number of hydrogen-bond donors (Lipinski definition) is 2. The zero-order chi connectivity index (χ0) is 12.3. The number of nitrogens with two attached hydrogens (primary N) is 1. The molecule has 0 atom stereocenters. The van der Waals surface area contributed by atoms with Crippen LogP contribution in [0.2, 0.25) is 0 Å². The van der Waals surface area contributed by atoms with Crippen LogP contribution in [0, 0.1) is 18.3 Å². The first kappa shape index (κ1) is 11.0. The van der Waals surface area contributed by atoms with E-state index in [0.29, 0.717) is 29.5 Å². The fraction of sp³-hybridized carbons (Fsp3) is 0.182. The maximum atomic E-state index is 8.70. The number of hydrogen-bond acceptors (Lipinski definition) is 6. The molecule has 86 valence electrons. The second-order valence-electron chi connectivity index (χ2n) is 3.50. The molecule has 6 heteroatoms. The molecule has 0 aliphatic heterocycles. The third-order valence-electron chi connectivity index (χ3n) is 2.18. The number of aromatic nitrogens is 2. The maximum Gasteiger partial charge on any atom is 0.245 e. The van der Waals surface area contributed by atoms with Crippen LogP contribution < -0.4 is 11.1 Å². The number of nitrogens with zero attached hydrogens (tertiary/aromatic N) is 3. The van der Waals surface area contributed by atoms with Crippen molar-refractivity contribution in [2.24, 2.45) is 0 Å². The van der Waals surface area contributed by atoms with Gasteiger partial charge in [-0.3, -0.25) is 0 Å². The lowest BCUT2D eigenvalue weighted by Gasteiger charge is -2.06. The van der Waals surface area contributed by atoms with Crippen molar-refractivity contribution in [3.05, 3.63) is 35.5 Å².